The maximum absolute atomic E-state index is 12.3. The molecule has 0 saturated heterocycles. The Morgan fingerprint density at radius 1 is 1.13 bits per heavy atom. The zero-order chi connectivity index (χ0) is 21.3. The first-order valence-electron chi connectivity index (χ1n) is 9.74. The zero-order valence-electron chi connectivity index (χ0n) is 16.4. The quantitative estimate of drug-likeness (QED) is 0.609. The monoisotopic (exact) mass is 407 g/mol. The smallest absolute Gasteiger partial charge is 0.339 e. The average Bonchev–Trinajstić information content (AvgIpc) is 3.23. The average molecular weight is 407 g/mol. The van der Waals surface area contributed by atoms with Crippen molar-refractivity contribution < 1.29 is 23.8 Å². The van der Waals surface area contributed by atoms with Crippen LogP contribution in [-0.2, 0) is 22.4 Å². The summed E-state index contributed by atoms with van der Waals surface area (Å²) in [5.74, 6) is -1.32. The molecule has 0 spiro atoms. The highest BCUT2D eigenvalue weighted by molar-refractivity contribution is 5.87. The van der Waals surface area contributed by atoms with Crippen LogP contribution in [0.4, 0.5) is 0 Å². The molecule has 1 unspecified atom stereocenters. The van der Waals surface area contributed by atoms with Crippen molar-refractivity contribution in [1.82, 2.24) is 5.32 Å². The predicted molar refractivity (Wildman–Crippen MR) is 110 cm³/mol. The van der Waals surface area contributed by atoms with Crippen LogP contribution in [0.25, 0.3) is 11.0 Å². The lowest BCUT2D eigenvalue weighted by atomic mass is 10.0. The number of hydrogen-bond acceptors (Lipinski definition) is 5. The van der Waals surface area contributed by atoms with Crippen molar-refractivity contribution in [2.75, 3.05) is 6.61 Å². The number of hydrogen-bond donors (Lipinski definition) is 2. The van der Waals surface area contributed by atoms with Crippen molar-refractivity contribution in [2.24, 2.45) is 0 Å². The number of carbonyl (C=O) groups excluding carboxylic acids is 1. The lowest BCUT2D eigenvalue weighted by Gasteiger charge is -2.16. The molecule has 154 valence electrons. The lowest BCUT2D eigenvalue weighted by Crippen LogP contribution is -2.36. The van der Waals surface area contributed by atoms with Crippen LogP contribution < -0.4 is 15.7 Å². The molecule has 0 saturated carbocycles. The summed E-state index contributed by atoms with van der Waals surface area (Å²) in [6.07, 6.45) is 2.51. The second-order valence-electron chi connectivity index (χ2n) is 7.30. The number of benzene rings is 2. The number of nitrogens with one attached hydrogen (secondary N) is 1. The van der Waals surface area contributed by atoms with E-state index in [0.717, 1.165) is 35.8 Å². The topological polar surface area (TPSA) is 106 Å². The van der Waals surface area contributed by atoms with Gasteiger partial charge in [0.1, 0.15) is 11.3 Å². The number of ether oxygens (including phenoxy) is 1. The second-order valence-corrected chi connectivity index (χ2v) is 7.30. The summed E-state index contributed by atoms with van der Waals surface area (Å²) in [6, 6.07) is 10.9. The molecule has 1 aliphatic rings. The van der Waals surface area contributed by atoms with E-state index >= 15 is 0 Å². The molecule has 30 heavy (non-hydrogen) atoms. The second kappa shape index (κ2) is 8.02. The van der Waals surface area contributed by atoms with E-state index in [1.54, 1.807) is 43.3 Å². The lowest BCUT2D eigenvalue weighted by molar-refractivity contribution is -0.142. The number of fused-ring (bicyclic) bond motifs is 3. The molecule has 0 bridgehead atoms. The Balaban J connectivity index is 1.51. The van der Waals surface area contributed by atoms with Gasteiger partial charge in [-0.1, -0.05) is 30.3 Å². The van der Waals surface area contributed by atoms with Crippen molar-refractivity contribution in [3.8, 4) is 5.75 Å². The molecule has 7 nitrogen and oxygen atoms in total. The number of rotatable bonds is 6. The molecule has 1 amide bonds. The Morgan fingerprint density at radius 3 is 2.60 bits per heavy atom. The first-order chi connectivity index (χ1) is 14.5. The highest BCUT2D eigenvalue weighted by atomic mass is 16.5. The van der Waals surface area contributed by atoms with E-state index in [0.29, 0.717) is 22.5 Å². The van der Waals surface area contributed by atoms with Crippen LogP contribution in [0.3, 0.4) is 0 Å². The fourth-order valence-corrected chi connectivity index (χ4v) is 3.90. The summed E-state index contributed by atoms with van der Waals surface area (Å²) in [7, 11) is 0. The van der Waals surface area contributed by atoms with Gasteiger partial charge in [0.25, 0.3) is 5.91 Å². The summed E-state index contributed by atoms with van der Waals surface area (Å²) < 4.78 is 11.1. The minimum Gasteiger partial charge on any atom is -0.483 e. The molecule has 1 aliphatic carbocycles. The van der Waals surface area contributed by atoms with Crippen LogP contribution in [0.15, 0.2) is 51.7 Å². The van der Waals surface area contributed by atoms with Crippen molar-refractivity contribution in [3.63, 3.8) is 0 Å². The van der Waals surface area contributed by atoms with E-state index in [9.17, 15) is 19.5 Å². The van der Waals surface area contributed by atoms with Gasteiger partial charge < -0.3 is 19.6 Å². The van der Waals surface area contributed by atoms with Gasteiger partial charge in [0.15, 0.2) is 12.6 Å². The van der Waals surface area contributed by atoms with Crippen molar-refractivity contribution in [2.45, 2.75) is 32.2 Å². The van der Waals surface area contributed by atoms with Crippen molar-refractivity contribution in [3.05, 3.63) is 75.1 Å². The minimum absolute atomic E-state index is 0.319. The molecule has 4 rings (SSSR count). The largest absolute Gasteiger partial charge is 0.483 e. The molecular formula is C23H21NO6. The van der Waals surface area contributed by atoms with Crippen LogP contribution in [0.2, 0.25) is 0 Å². The van der Waals surface area contributed by atoms with Gasteiger partial charge in [-0.2, -0.15) is 0 Å². The van der Waals surface area contributed by atoms with Crippen molar-refractivity contribution >= 4 is 22.8 Å². The molecule has 3 aromatic rings. The van der Waals surface area contributed by atoms with E-state index in [-0.39, 0.29) is 12.2 Å². The molecule has 1 atom stereocenters. The van der Waals surface area contributed by atoms with Gasteiger partial charge in [-0.15, -0.1) is 0 Å². The van der Waals surface area contributed by atoms with Gasteiger partial charge in [0.2, 0.25) is 0 Å². The van der Waals surface area contributed by atoms with Gasteiger partial charge in [-0.25, -0.2) is 9.59 Å². The molecule has 7 heteroatoms. The summed E-state index contributed by atoms with van der Waals surface area (Å²) in [5, 5.41) is 12.8. The normalized spacial score (nSPS) is 13.6. The molecule has 1 aromatic heterocycles. The Bertz CT molecular complexity index is 1180. The third kappa shape index (κ3) is 3.66. The van der Waals surface area contributed by atoms with Gasteiger partial charge in [0.05, 0.1) is 0 Å². The highest BCUT2D eigenvalue weighted by Crippen LogP contribution is 2.33. The van der Waals surface area contributed by atoms with E-state index in [2.05, 4.69) is 5.32 Å². The Hall–Kier alpha value is -3.61. The number of aliphatic carboxylic acids is 1. The standard InChI is InChI=1S/C23H21NO6/c1-13-18(11-10-16-15-8-5-9-17(15)23(28)30-21(13)16)29-12-19(25)24-20(22(26)27)14-6-3-2-4-7-14/h2-4,6-7,10-11,20H,5,8-9,12H2,1H3,(H,24,25)(H,26,27). The predicted octanol–water partition coefficient (Wildman–Crippen LogP) is 2.91. The number of carboxylic acid groups (broad SMARTS) is 1. The van der Waals surface area contributed by atoms with Crippen LogP contribution in [0.5, 0.6) is 5.75 Å². The fraction of sp³-hybridized carbons (Fsp3) is 0.261. The third-order valence-corrected chi connectivity index (χ3v) is 5.38. The minimum atomic E-state index is -1.17. The maximum atomic E-state index is 12.3. The molecule has 1 heterocycles. The van der Waals surface area contributed by atoms with Crippen LogP contribution in [-0.4, -0.2) is 23.6 Å². The van der Waals surface area contributed by atoms with Gasteiger partial charge in [0, 0.05) is 16.5 Å². The number of carbonyl (C=O) groups is 2. The van der Waals surface area contributed by atoms with E-state index in [4.69, 9.17) is 9.15 Å². The van der Waals surface area contributed by atoms with E-state index in [1.807, 2.05) is 6.07 Å². The Morgan fingerprint density at radius 2 is 1.87 bits per heavy atom. The zero-order valence-corrected chi connectivity index (χ0v) is 16.4. The summed E-state index contributed by atoms with van der Waals surface area (Å²) >= 11 is 0. The Kier molecular flexibility index (Phi) is 5.27. The van der Waals surface area contributed by atoms with Gasteiger partial charge in [-0.05, 0) is 49.4 Å². The third-order valence-electron chi connectivity index (χ3n) is 5.38. The molecule has 2 aromatic carbocycles. The summed E-state index contributed by atoms with van der Waals surface area (Å²) in [5.41, 5.74) is 3.02. The van der Waals surface area contributed by atoms with Crippen LogP contribution in [0, 0.1) is 6.92 Å². The maximum Gasteiger partial charge on any atom is 0.339 e. The molecule has 0 radical (unpaired) electrons. The molecule has 0 fully saturated rings. The number of carboxylic acids is 1. The van der Waals surface area contributed by atoms with Crippen molar-refractivity contribution in [1.29, 1.82) is 0 Å². The van der Waals surface area contributed by atoms with Gasteiger partial charge >= 0.3 is 11.6 Å². The van der Waals surface area contributed by atoms with Crippen LogP contribution in [0.1, 0.15) is 34.7 Å². The van der Waals surface area contributed by atoms with Crippen LogP contribution >= 0.6 is 0 Å². The first kappa shape index (κ1) is 19.7. The number of aryl methyl sites for hydroxylation is 2. The summed E-state index contributed by atoms with van der Waals surface area (Å²) in [6.45, 7) is 1.40. The summed E-state index contributed by atoms with van der Waals surface area (Å²) in [4.78, 5) is 36.1. The van der Waals surface area contributed by atoms with Gasteiger partial charge in [-0.3, -0.25) is 4.79 Å². The fourth-order valence-electron chi connectivity index (χ4n) is 3.90. The molecular weight excluding hydrogens is 386 g/mol. The molecule has 0 aliphatic heterocycles. The van der Waals surface area contributed by atoms with E-state index in [1.165, 1.54) is 0 Å². The van der Waals surface area contributed by atoms with E-state index < -0.39 is 17.9 Å². The number of amides is 1. The SMILES string of the molecule is Cc1c(OCC(=O)NC(C(=O)O)c2ccccc2)ccc2c3c(c(=O)oc12)CCC3. The highest BCUT2D eigenvalue weighted by Gasteiger charge is 2.23. The Labute approximate surface area is 172 Å². The first-order valence-corrected chi connectivity index (χ1v) is 9.74. The molecule has 2 N–H and O–H groups in total.